The lowest BCUT2D eigenvalue weighted by Gasteiger charge is -2.15. The van der Waals surface area contributed by atoms with E-state index in [1.807, 2.05) is 13.0 Å². The molecule has 2 aromatic carbocycles. The third kappa shape index (κ3) is 6.52. The minimum absolute atomic E-state index is 0.0674. The highest BCUT2D eigenvalue weighted by atomic mass is 35.5. The van der Waals surface area contributed by atoms with Gasteiger partial charge in [-0.1, -0.05) is 17.7 Å². The molecule has 0 spiro atoms. The average molecular weight is 545 g/mol. The van der Waals surface area contributed by atoms with Crippen LogP contribution < -0.4 is 14.8 Å². The van der Waals surface area contributed by atoms with Crippen LogP contribution in [0.3, 0.4) is 0 Å². The third-order valence-electron chi connectivity index (χ3n) is 5.15. The Morgan fingerprint density at radius 1 is 1.19 bits per heavy atom. The molecule has 1 aliphatic heterocycles. The van der Waals surface area contributed by atoms with Crippen LogP contribution in [0.2, 0.25) is 5.02 Å². The molecule has 1 heterocycles. The molecule has 1 fully saturated rings. The highest BCUT2D eigenvalue weighted by Crippen LogP contribution is 2.37. The molecule has 2 aromatic rings. The maximum Gasteiger partial charge on any atom is 0.339 e. The van der Waals surface area contributed by atoms with E-state index in [4.69, 9.17) is 21.1 Å². The lowest BCUT2D eigenvalue weighted by Crippen LogP contribution is -2.36. The van der Waals surface area contributed by atoms with Crippen molar-refractivity contribution < 1.29 is 33.4 Å². The molecule has 3 amide bonds. The first-order valence-electron chi connectivity index (χ1n) is 11.1. The van der Waals surface area contributed by atoms with Gasteiger partial charge in [-0.15, -0.1) is 6.58 Å². The maximum absolute atomic E-state index is 13.0. The van der Waals surface area contributed by atoms with Crippen molar-refractivity contribution in [2.75, 3.05) is 32.7 Å². The van der Waals surface area contributed by atoms with Crippen molar-refractivity contribution in [2.24, 2.45) is 0 Å². The number of nitrogens with zero attached hydrogens (tertiary/aromatic N) is 1. The van der Waals surface area contributed by atoms with E-state index in [0.29, 0.717) is 30.1 Å². The van der Waals surface area contributed by atoms with Crippen LogP contribution in [0.4, 0.5) is 10.5 Å². The Morgan fingerprint density at radius 2 is 1.95 bits per heavy atom. The van der Waals surface area contributed by atoms with Crippen LogP contribution in [0.1, 0.15) is 28.4 Å². The highest BCUT2D eigenvalue weighted by molar-refractivity contribution is 8.18. The number of hydrogen-bond donors (Lipinski definition) is 1. The van der Waals surface area contributed by atoms with Crippen molar-refractivity contribution in [1.82, 2.24) is 4.90 Å². The zero-order valence-corrected chi connectivity index (χ0v) is 22.0. The van der Waals surface area contributed by atoms with Gasteiger partial charge in [-0.2, -0.15) is 0 Å². The quantitative estimate of drug-likeness (QED) is 0.254. The van der Waals surface area contributed by atoms with Crippen molar-refractivity contribution in [2.45, 2.75) is 13.3 Å². The van der Waals surface area contributed by atoms with Gasteiger partial charge in [-0.05, 0) is 67.1 Å². The second-order valence-corrected chi connectivity index (χ2v) is 9.04. The summed E-state index contributed by atoms with van der Waals surface area (Å²) in [6.45, 7) is 5.51. The molecule has 0 aliphatic carbocycles. The molecule has 0 aromatic heterocycles. The molecule has 0 atom stereocenters. The van der Waals surface area contributed by atoms with Crippen LogP contribution >= 0.6 is 23.4 Å². The largest absolute Gasteiger partial charge is 0.493 e. The molecule has 37 heavy (non-hydrogen) atoms. The minimum atomic E-state index is -0.667. The van der Waals surface area contributed by atoms with Crippen molar-refractivity contribution in [3.05, 3.63) is 69.6 Å². The second kappa shape index (κ2) is 12.5. The van der Waals surface area contributed by atoms with Gasteiger partial charge in [0.15, 0.2) is 11.5 Å². The van der Waals surface area contributed by atoms with Crippen LogP contribution in [-0.2, 0) is 20.7 Å². The Bertz CT molecular complexity index is 1290. The molecule has 194 valence electrons. The number of ether oxygens (including phenoxy) is 3. The molecule has 0 radical (unpaired) electrons. The molecular weight excluding hydrogens is 520 g/mol. The number of carbonyl (C=O) groups is 4. The van der Waals surface area contributed by atoms with E-state index in [1.165, 1.54) is 25.3 Å². The van der Waals surface area contributed by atoms with Crippen molar-refractivity contribution >= 4 is 58.1 Å². The van der Waals surface area contributed by atoms with E-state index in [1.54, 1.807) is 25.3 Å². The number of amides is 3. The van der Waals surface area contributed by atoms with Crippen LogP contribution in [0.5, 0.6) is 11.5 Å². The van der Waals surface area contributed by atoms with E-state index >= 15 is 0 Å². The maximum atomic E-state index is 13.0. The number of anilines is 1. The molecule has 11 heteroatoms. The summed E-state index contributed by atoms with van der Waals surface area (Å²) in [6, 6.07) is 7.80. The Labute approximate surface area is 223 Å². The smallest absolute Gasteiger partial charge is 0.339 e. The molecule has 1 aliphatic rings. The first-order chi connectivity index (χ1) is 17.7. The lowest BCUT2D eigenvalue weighted by molar-refractivity contribution is -0.127. The fourth-order valence-corrected chi connectivity index (χ4v) is 4.60. The minimum Gasteiger partial charge on any atom is -0.493 e. The molecule has 1 N–H and O–H groups in total. The molecule has 0 unspecified atom stereocenters. The predicted molar refractivity (Wildman–Crippen MR) is 142 cm³/mol. The van der Waals surface area contributed by atoms with Gasteiger partial charge in [0.05, 0.1) is 36.3 Å². The second-order valence-electron chi connectivity index (χ2n) is 7.64. The van der Waals surface area contributed by atoms with Gasteiger partial charge in [-0.3, -0.25) is 19.3 Å². The normalized spacial score (nSPS) is 14.1. The number of allylic oxidation sites excluding steroid dienone is 1. The van der Waals surface area contributed by atoms with E-state index in [9.17, 15) is 19.2 Å². The van der Waals surface area contributed by atoms with Gasteiger partial charge >= 0.3 is 5.97 Å². The zero-order chi connectivity index (χ0) is 27.1. The van der Waals surface area contributed by atoms with Crippen molar-refractivity contribution in [3.63, 3.8) is 0 Å². The number of imide groups is 1. The summed E-state index contributed by atoms with van der Waals surface area (Å²) in [5.41, 5.74) is 1.77. The third-order valence-corrected chi connectivity index (χ3v) is 6.39. The van der Waals surface area contributed by atoms with Gasteiger partial charge in [0.2, 0.25) is 5.91 Å². The first-order valence-corrected chi connectivity index (χ1v) is 12.3. The van der Waals surface area contributed by atoms with E-state index in [2.05, 4.69) is 16.6 Å². The molecule has 3 rings (SSSR count). The van der Waals surface area contributed by atoms with Crippen LogP contribution in [0, 0.1) is 0 Å². The number of benzene rings is 2. The summed E-state index contributed by atoms with van der Waals surface area (Å²) in [6.07, 6.45) is 3.80. The molecule has 0 bridgehead atoms. The first kappa shape index (κ1) is 27.8. The molecule has 0 saturated carbocycles. The number of rotatable bonds is 10. The summed E-state index contributed by atoms with van der Waals surface area (Å²) in [5.74, 6) is -0.822. The topological polar surface area (TPSA) is 111 Å². The van der Waals surface area contributed by atoms with Gasteiger partial charge in [-0.25, -0.2) is 4.79 Å². The SMILES string of the molecule is C=CCc1cc(/C=C2/SC(=O)N(CC(=O)Nc3ccc(Cl)c(C(=O)OC)c3)C2=O)cc(OCC)c1OC. The Kier molecular flexibility index (Phi) is 9.37. The monoisotopic (exact) mass is 544 g/mol. The van der Waals surface area contributed by atoms with Gasteiger partial charge < -0.3 is 19.5 Å². The highest BCUT2D eigenvalue weighted by Gasteiger charge is 2.36. The number of nitrogens with one attached hydrogen (secondary N) is 1. The summed E-state index contributed by atoms with van der Waals surface area (Å²) in [4.78, 5) is 50.9. The number of esters is 1. The molecular formula is C26H25ClN2O7S. The summed E-state index contributed by atoms with van der Waals surface area (Å²) >= 11 is 6.73. The number of hydrogen-bond acceptors (Lipinski definition) is 8. The van der Waals surface area contributed by atoms with Gasteiger partial charge in [0, 0.05) is 11.3 Å². The summed E-state index contributed by atoms with van der Waals surface area (Å²) in [7, 11) is 2.75. The number of halogens is 1. The summed E-state index contributed by atoms with van der Waals surface area (Å²) in [5, 5.41) is 2.13. The summed E-state index contributed by atoms with van der Waals surface area (Å²) < 4.78 is 15.8. The number of thioether (sulfide) groups is 1. The number of carbonyl (C=O) groups excluding carboxylic acids is 4. The van der Waals surface area contributed by atoms with E-state index in [0.717, 1.165) is 22.2 Å². The standard InChI is InChI=1S/C26H25ClN2O7S/c1-5-7-16-10-15(11-20(36-6-2)23(16)34-3)12-21-24(31)29(26(33)37-21)14-22(30)28-17-8-9-19(27)18(13-17)25(32)35-4/h5,8-13H,1,6-7,14H2,2-4H3,(H,28,30)/b21-12+. The Hall–Kier alpha value is -3.76. The van der Waals surface area contributed by atoms with E-state index < -0.39 is 29.6 Å². The molecule has 1 saturated heterocycles. The zero-order valence-electron chi connectivity index (χ0n) is 20.5. The van der Waals surface area contributed by atoms with Crippen LogP contribution in [-0.4, -0.2) is 55.3 Å². The average Bonchev–Trinajstić information content (AvgIpc) is 3.12. The van der Waals surface area contributed by atoms with Crippen molar-refractivity contribution in [3.8, 4) is 11.5 Å². The predicted octanol–water partition coefficient (Wildman–Crippen LogP) is 4.94. The van der Waals surface area contributed by atoms with E-state index in [-0.39, 0.29) is 21.2 Å². The molecule has 9 nitrogen and oxygen atoms in total. The Balaban J connectivity index is 1.79. The van der Waals surface area contributed by atoms with Gasteiger partial charge in [0.1, 0.15) is 6.54 Å². The van der Waals surface area contributed by atoms with Crippen molar-refractivity contribution in [1.29, 1.82) is 0 Å². The van der Waals surface area contributed by atoms with Crippen LogP contribution in [0.25, 0.3) is 6.08 Å². The lowest BCUT2D eigenvalue weighted by atomic mass is 10.0. The number of methoxy groups -OCH3 is 2. The fraction of sp³-hybridized carbons (Fsp3) is 0.231. The van der Waals surface area contributed by atoms with Crippen LogP contribution in [0.15, 0.2) is 47.9 Å². The Morgan fingerprint density at radius 3 is 2.59 bits per heavy atom. The van der Waals surface area contributed by atoms with Gasteiger partial charge in [0.25, 0.3) is 11.1 Å². The fourth-order valence-electron chi connectivity index (χ4n) is 3.57.